The van der Waals surface area contributed by atoms with Crippen molar-refractivity contribution in [1.29, 1.82) is 0 Å². The number of benzene rings is 4. The maximum absolute atomic E-state index is 2.46. The molecule has 0 radical (unpaired) electrons. The van der Waals surface area contributed by atoms with Gasteiger partial charge in [-0.25, -0.2) is 0 Å². The molecule has 4 atom stereocenters. The summed E-state index contributed by atoms with van der Waals surface area (Å²) in [5, 5.41) is 3.03. The van der Waals surface area contributed by atoms with Crippen molar-refractivity contribution in [1.82, 2.24) is 0 Å². The van der Waals surface area contributed by atoms with Crippen molar-refractivity contribution in [3.8, 4) is 0 Å². The summed E-state index contributed by atoms with van der Waals surface area (Å²) in [6.45, 7) is 9.10. The molecule has 0 nitrogen and oxygen atoms in total. The van der Waals surface area contributed by atoms with Crippen molar-refractivity contribution in [2.45, 2.75) is 71.1 Å². The third-order valence-electron chi connectivity index (χ3n) is 7.30. The Bertz CT molecular complexity index is 1100. The van der Waals surface area contributed by atoms with Gasteiger partial charge in [-0.05, 0) is 76.1 Å². The zero-order chi connectivity index (χ0) is 26.0. The first-order valence-corrected chi connectivity index (χ1v) is 16.2. The molecule has 192 valence electrons. The molecule has 0 amide bonds. The Balaban J connectivity index is 1.70. The monoisotopic (exact) mass is 524 g/mol. The van der Waals surface area contributed by atoms with E-state index in [-0.39, 0.29) is 0 Å². The molecule has 0 saturated carbocycles. The van der Waals surface area contributed by atoms with Gasteiger partial charge in [-0.1, -0.05) is 142 Å². The Hall–Kier alpha value is -2.26. The van der Waals surface area contributed by atoms with Crippen LogP contribution in [0.3, 0.4) is 0 Å². The second-order valence-corrected chi connectivity index (χ2v) is 13.1. The highest BCUT2D eigenvalue weighted by atomic mass is 31.1. The molecular weight excluding hydrogens is 482 g/mol. The van der Waals surface area contributed by atoms with E-state index in [9.17, 15) is 0 Å². The molecular formula is C35H42P2. The average molecular weight is 525 g/mol. The van der Waals surface area contributed by atoms with Gasteiger partial charge in [-0.15, -0.1) is 0 Å². The second-order valence-electron chi connectivity index (χ2n) is 9.94. The van der Waals surface area contributed by atoms with Crippen molar-refractivity contribution < 1.29 is 0 Å². The van der Waals surface area contributed by atoms with Crippen LogP contribution in [0.15, 0.2) is 97.1 Å². The summed E-state index contributed by atoms with van der Waals surface area (Å²) in [5.74, 6) is 0. The number of hydrogen-bond acceptors (Lipinski definition) is 0. The highest BCUT2D eigenvalue weighted by Crippen LogP contribution is 2.48. The Morgan fingerprint density at radius 1 is 0.459 bits per heavy atom. The molecule has 0 spiro atoms. The van der Waals surface area contributed by atoms with E-state index in [1.807, 2.05) is 0 Å². The first-order valence-electron chi connectivity index (χ1n) is 14.0. The highest BCUT2D eigenvalue weighted by molar-refractivity contribution is 7.48. The fourth-order valence-electron chi connectivity index (χ4n) is 5.07. The van der Waals surface area contributed by atoms with Crippen LogP contribution < -0.4 is 10.6 Å². The molecule has 4 aromatic rings. The Morgan fingerprint density at radius 3 is 1.08 bits per heavy atom. The summed E-state index contributed by atoms with van der Waals surface area (Å²) in [6.07, 6.45) is 5.57. The summed E-state index contributed by atoms with van der Waals surface area (Å²) < 4.78 is 0. The van der Waals surface area contributed by atoms with Gasteiger partial charge in [-0.3, -0.25) is 0 Å². The van der Waals surface area contributed by atoms with Crippen LogP contribution in [0.1, 0.15) is 78.8 Å². The third kappa shape index (κ3) is 7.87. The van der Waals surface area contributed by atoms with Gasteiger partial charge in [-0.2, -0.15) is 0 Å². The molecule has 0 bridgehead atoms. The van der Waals surface area contributed by atoms with E-state index in [2.05, 4.69) is 125 Å². The third-order valence-corrected chi connectivity index (χ3v) is 10.4. The lowest BCUT2D eigenvalue weighted by atomic mass is 10.0. The van der Waals surface area contributed by atoms with Crippen molar-refractivity contribution in [3.05, 3.63) is 130 Å². The van der Waals surface area contributed by atoms with E-state index in [4.69, 9.17) is 0 Å². The first kappa shape index (κ1) is 27.8. The first-order chi connectivity index (χ1) is 18.1. The minimum atomic E-state index is 0.510. The Morgan fingerprint density at radius 2 is 0.784 bits per heavy atom. The van der Waals surface area contributed by atoms with Gasteiger partial charge in [0.05, 0.1) is 0 Å². The fraction of sp³-hybridized carbons (Fsp3) is 0.314. The zero-order valence-electron chi connectivity index (χ0n) is 22.9. The van der Waals surface area contributed by atoms with Crippen LogP contribution in [0.2, 0.25) is 0 Å². The minimum Gasteiger partial charge on any atom is -0.0827 e. The largest absolute Gasteiger partial charge is 0.0827 e. The van der Waals surface area contributed by atoms with Gasteiger partial charge in [0.25, 0.3) is 0 Å². The lowest BCUT2D eigenvalue weighted by Crippen LogP contribution is -2.09. The van der Waals surface area contributed by atoms with E-state index >= 15 is 0 Å². The predicted octanol–water partition coefficient (Wildman–Crippen LogP) is 9.12. The van der Waals surface area contributed by atoms with Crippen LogP contribution in [0, 0.1) is 0 Å². The molecule has 4 unspecified atom stereocenters. The highest BCUT2D eigenvalue weighted by Gasteiger charge is 2.22. The van der Waals surface area contributed by atoms with Gasteiger partial charge in [0.2, 0.25) is 0 Å². The van der Waals surface area contributed by atoms with E-state index in [1.165, 1.54) is 50.4 Å². The minimum absolute atomic E-state index is 0.510. The molecule has 0 heterocycles. The standard InChI is InChI=1S/C35H42P2/c1-5-26-19-27(6-2)22-32(21-26)36-34(30-15-11-9-12-16-30)25-35(31-17-13-10-14-18-31)37-33-23-28(7-3)20-29(8-4)24-33/h9-24,34-37H,5-8,25H2,1-4H3. The number of rotatable bonds is 12. The summed E-state index contributed by atoms with van der Waals surface area (Å²) in [4.78, 5) is 0. The number of hydrogen-bond donors (Lipinski definition) is 0. The van der Waals surface area contributed by atoms with Crippen molar-refractivity contribution in [2.24, 2.45) is 0 Å². The molecule has 37 heavy (non-hydrogen) atoms. The van der Waals surface area contributed by atoms with Crippen LogP contribution in [0.5, 0.6) is 0 Å². The quantitative estimate of drug-likeness (QED) is 0.162. The van der Waals surface area contributed by atoms with E-state index in [0.29, 0.717) is 11.3 Å². The van der Waals surface area contributed by atoms with Gasteiger partial charge >= 0.3 is 0 Å². The van der Waals surface area contributed by atoms with Gasteiger partial charge < -0.3 is 0 Å². The van der Waals surface area contributed by atoms with Crippen LogP contribution >= 0.6 is 17.2 Å². The Labute approximate surface area is 228 Å². The predicted molar refractivity (Wildman–Crippen MR) is 169 cm³/mol. The second kappa shape index (κ2) is 14.0. The SMILES string of the molecule is CCc1cc(CC)cc(PC(CC(Pc2cc(CC)cc(CC)c2)c2ccccc2)c2ccccc2)c1. The van der Waals surface area contributed by atoms with Gasteiger partial charge in [0, 0.05) is 11.3 Å². The average Bonchev–Trinajstić information content (AvgIpc) is 2.96. The van der Waals surface area contributed by atoms with Crippen LogP contribution in [-0.4, -0.2) is 0 Å². The molecule has 0 aliphatic heterocycles. The lowest BCUT2D eigenvalue weighted by molar-refractivity contribution is 0.781. The lowest BCUT2D eigenvalue weighted by Gasteiger charge is -2.26. The molecule has 0 N–H and O–H groups in total. The normalized spacial score (nSPS) is 13.5. The summed E-state index contributed by atoms with van der Waals surface area (Å²) in [7, 11) is 1.54. The molecule has 0 aliphatic carbocycles. The molecule has 4 rings (SSSR count). The topological polar surface area (TPSA) is 0 Å². The smallest absolute Gasteiger partial charge is 0.00638 e. The summed E-state index contributed by atoms with van der Waals surface area (Å²) in [6, 6.07) is 37.2. The molecule has 0 aliphatic rings. The zero-order valence-corrected chi connectivity index (χ0v) is 24.9. The van der Waals surface area contributed by atoms with E-state index in [0.717, 1.165) is 42.8 Å². The molecule has 0 aromatic heterocycles. The van der Waals surface area contributed by atoms with E-state index < -0.39 is 0 Å². The van der Waals surface area contributed by atoms with E-state index in [1.54, 1.807) is 0 Å². The van der Waals surface area contributed by atoms with Crippen molar-refractivity contribution in [3.63, 3.8) is 0 Å². The van der Waals surface area contributed by atoms with Crippen molar-refractivity contribution in [2.75, 3.05) is 0 Å². The Kier molecular flexibility index (Phi) is 10.5. The molecule has 0 saturated heterocycles. The van der Waals surface area contributed by atoms with Gasteiger partial charge in [0.1, 0.15) is 0 Å². The van der Waals surface area contributed by atoms with Crippen LogP contribution in [0.4, 0.5) is 0 Å². The van der Waals surface area contributed by atoms with Crippen LogP contribution in [0.25, 0.3) is 0 Å². The van der Waals surface area contributed by atoms with Gasteiger partial charge in [0.15, 0.2) is 0 Å². The fourth-order valence-corrected chi connectivity index (χ4v) is 8.61. The summed E-state index contributed by atoms with van der Waals surface area (Å²) >= 11 is 0. The number of aryl methyl sites for hydroxylation is 4. The van der Waals surface area contributed by atoms with Crippen molar-refractivity contribution >= 4 is 27.8 Å². The molecule has 0 fully saturated rings. The van der Waals surface area contributed by atoms with Crippen LogP contribution in [-0.2, 0) is 25.7 Å². The maximum Gasteiger partial charge on any atom is 0.00638 e. The summed E-state index contributed by atoms with van der Waals surface area (Å²) in [5.41, 5.74) is 9.85. The maximum atomic E-state index is 2.46. The molecule has 2 heteroatoms. The molecule has 4 aromatic carbocycles.